The predicted octanol–water partition coefficient (Wildman–Crippen LogP) is 4.54. The molecule has 8 atom stereocenters. The SMILES string of the molecule is C[C@H](CCC(=O)O)[C@@H]1CCC2=C3CC[C@@H]4C[C@H](O)CC[C@]4(C)[C@@H]3C[C@@H](O)[C@]21C. The maximum absolute atomic E-state index is 11.4. The van der Waals surface area contributed by atoms with Gasteiger partial charge in [-0.3, -0.25) is 4.79 Å². The second kappa shape index (κ2) is 7.12. The van der Waals surface area contributed by atoms with E-state index in [1.807, 2.05) is 0 Å². The molecule has 4 aliphatic carbocycles. The summed E-state index contributed by atoms with van der Waals surface area (Å²) in [6.07, 6.45) is 8.65. The highest BCUT2D eigenvalue weighted by molar-refractivity contribution is 5.66. The average Bonchev–Trinajstić information content (AvgIpc) is 3.00. The molecule has 0 unspecified atom stereocenters. The molecule has 4 rings (SSSR count). The fourth-order valence-electron chi connectivity index (χ4n) is 7.92. The van der Waals surface area contributed by atoms with Crippen LogP contribution in [0, 0.1) is 34.5 Å². The van der Waals surface area contributed by atoms with Crippen LogP contribution in [0.3, 0.4) is 0 Å². The molecule has 0 aromatic carbocycles. The van der Waals surface area contributed by atoms with Gasteiger partial charge in [-0.15, -0.1) is 0 Å². The smallest absolute Gasteiger partial charge is 0.303 e. The van der Waals surface area contributed by atoms with E-state index in [1.54, 1.807) is 5.57 Å². The molecular formula is C24H38O4. The van der Waals surface area contributed by atoms with Crippen molar-refractivity contribution >= 4 is 5.97 Å². The van der Waals surface area contributed by atoms with Gasteiger partial charge in [0.1, 0.15) is 0 Å². The zero-order valence-corrected chi connectivity index (χ0v) is 17.8. The zero-order valence-electron chi connectivity index (χ0n) is 17.8. The van der Waals surface area contributed by atoms with Crippen molar-refractivity contribution in [3.05, 3.63) is 11.1 Å². The van der Waals surface area contributed by atoms with Gasteiger partial charge >= 0.3 is 5.97 Å². The van der Waals surface area contributed by atoms with Gasteiger partial charge < -0.3 is 15.3 Å². The summed E-state index contributed by atoms with van der Waals surface area (Å²) < 4.78 is 0. The van der Waals surface area contributed by atoms with Gasteiger partial charge in [-0.05, 0) is 86.9 Å². The first kappa shape index (κ1) is 20.4. The Labute approximate surface area is 169 Å². The van der Waals surface area contributed by atoms with Crippen LogP contribution in [-0.2, 0) is 4.79 Å². The lowest BCUT2D eigenvalue weighted by Crippen LogP contribution is -2.52. The van der Waals surface area contributed by atoms with Crippen LogP contribution < -0.4 is 0 Å². The molecule has 3 N–H and O–H groups in total. The van der Waals surface area contributed by atoms with Gasteiger partial charge in [0.15, 0.2) is 0 Å². The Hall–Kier alpha value is -0.870. The molecular weight excluding hydrogens is 352 g/mol. The molecule has 0 saturated heterocycles. The number of aliphatic carboxylic acids is 1. The Morgan fingerprint density at radius 2 is 1.89 bits per heavy atom. The number of allylic oxidation sites excluding steroid dienone is 1. The minimum Gasteiger partial charge on any atom is -0.481 e. The van der Waals surface area contributed by atoms with E-state index >= 15 is 0 Å². The van der Waals surface area contributed by atoms with Gasteiger partial charge in [-0.25, -0.2) is 0 Å². The quantitative estimate of drug-likeness (QED) is 0.616. The summed E-state index contributed by atoms with van der Waals surface area (Å²) in [5, 5.41) is 30.7. The summed E-state index contributed by atoms with van der Waals surface area (Å²) in [7, 11) is 0. The Bertz CT molecular complexity index is 670. The second-order valence-electron chi connectivity index (χ2n) is 10.8. The van der Waals surface area contributed by atoms with E-state index in [0.717, 1.165) is 44.9 Å². The summed E-state index contributed by atoms with van der Waals surface area (Å²) in [6, 6.07) is 0. The monoisotopic (exact) mass is 390 g/mol. The van der Waals surface area contributed by atoms with Gasteiger partial charge in [0, 0.05) is 11.8 Å². The van der Waals surface area contributed by atoms with Crippen molar-refractivity contribution in [1.82, 2.24) is 0 Å². The fraction of sp³-hybridized carbons (Fsp3) is 0.875. The number of carbonyl (C=O) groups is 1. The minimum atomic E-state index is -0.719. The zero-order chi connectivity index (χ0) is 20.3. The number of aliphatic hydroxyl groups is 2. The molecule has 158 valence electrons. The predicted molar refractivity (Wildman–Crippen MR) is 109 cm³/mol. The normalized spacial score (nSPS) is 46.5. The van der Waals surface area contributed by atoms with Crippen LogP contribution in [-0.4, -0.2) is 33.5 Å². The highest BCUT2D eigenvalue weighted by atomic mass is 16.4. The number of hydrogen-bond acceptors (Lipinski definition) is 3. The van der Waals surface area contributed by atoms with Crippen LogP contribution in [0.2, 0.25) is 0 Å². The lowest BCUT2D eigenvalue weighted by Gasteiger charge is -2.58. The number of carboxylic acid groups (broad SMARTS) is 1. The van der Waals surface area contributed by atoms with Crippen molar-refractivity contribution in [2.75, 3.05) is 0 Å². The molecule has 4 aliphatic rings. The first-order chi connectivity index (χ1) is 13.2. The van der Waals surface area contributed by atoms with Gasteiger partial charge in [0.25, 0.3) is 0 Å². The Morgan fingerprint density at radius 3 is 2.61 bits per heavy atom. The van der Waals surface area contributed by atoms with E-state index < -0.39 is 5.97 Å². The molecule has 0 amide bonds. The summed E-state index contributed by atoms with van der Waals surface area (Å²) in [6.45, 7) is 6.88. The summed E-state index contributed by atoms with van der Waals surface area (Å²) in [4.78, 5) is 11.0. The second-order valence-corrected chi connectivity index (χ2v) is 10.8. The molecule has 0 aromatic rings. The third-order valence-electron chi connectivity index (χ3n) is 9.65. The van der Waals surface area contributed by atoms with E-state index in [9.17, 15) is 15.0 Å². The van der Waals surface area contributed by atoms with E-state index in [2.05, 4.69) is 20.8 Å². The molecule has 3 fully saturated rings. The van der Waals surface area contributed by atoms with Crippen molar-refractivity contribution in [2.45, 2.75) is 97.2 Å². The Balaban J connectivity index is 1.64. The lowest BCUT2D eigenvalue weighted by molar-refractivity contribution is -0.137. The number of carboxylic acids is 1. The summed E-state index contributed by atoms with van der Waals surface area (Å²) in [5.74, 6) is 1.02. The first-order valence-corrected chi connectivity index (χ1v) is 11.5. The number of rotatable bonds is 4. The Kier molecular flexibility index (Phi) is 5.19. The average molecular weight is 391 g/mol. The topological polar surface area (TPSA) is 77.8 Å². The molecule has 0 bridgehead atoms. The standard InChI is InChI=1S/C24H38O4/c1-14(4-9-22(27)28)18-7-8-19-17-6-5-15-12-16(25)10-11-23(15,2)20(17)13-21(26)24(18,19)3/h14-16,18,20-21,25-26H,4-13H2,1-3H3,(H,27,28)/t14-,15-,16-,18+,20-,21-,23+,24+/m1/s1. The van der Waals surface area contributed by atoms with Crippen LogP contribution in [0.4, 0.5) is 0 Å². The fourth-order valence-corrected chi connectivity index (χ4v) is 7.92. The van der Waals surface area contributed by atoms with Crippen molar-refractivity contribution in [1.29, 1.82) is 0 Å². The number of fused-ring (bicyclic) bond motifs is 4. The van der Waals surface area contributed by atoms with Crippen LogP contribution in [0.1, 0.15) is 85.0 Å². The van der Waals surface area contributed by atoms with Crippen LogP contribution >= 0.6 is 0 Å². The number of aliphatic hydroxyl groups excluding tert-OH is 2. The molecule has 0 spiro atoms. The highest BCUT2D eigenvalue weighted by Gasteiger charge is 2.58. The molecule has 0 aromatic heterocycles. The largest absolute Gasteiger partial charge is 0.481 e. The van der Waals surface area contributed by atoms with E-state index in [4.69, 9.17) is 5.11 Å². The molecule has 4 heteroatoms. The molecule has 0 heterocycles. The van der Waals surface area contributed by atoms with Crippen LogP contribution in [0.25, 0.3) is 0 Å². The van der Waals surface area contributed by atoms with Gasteiger partial charge in [-0.1, -0.05) is 31.9 Å². The molecule has 28 heavy (non-hydrogen) atoms. The Morgan fingerprint density at radius 1 is 1.14 bits per heavy atom. The summed E-state index contributed by atoms with van der Waals surface area (Å²) >= 11 is 0. The van der Waals surface area contributed by atoms with Crippen LogP contribution in [0.5, 0.6) is 0 Å². The van der Waals surface area contributed by atoms with E-state index in [-0.39, 0.29) is 29.5 Å². The first-order valence-electron chi connectivity index (χ1n) is 11.5. The van der Waals surface area contributed by atoms with Gasteiger partial charge in [0.05, 0.1) is 12.2 Å². The van der Waals surface area contributed by atoms with Crippen molar-refractivity contribution in [2.24, 2.45) is 34.5 Å². The molecule has 3 saturated carbocycles. The van der Waals surface area contributed by atoms with Crippen molar-refractivity contribution in [3.63, 3.8) is 0 Å². The van der Waals surface area contributed by atoms with Gasteiger partial charge in [-0.2, -0.15) is 0 Å². The third-order valence-corrected chi connectivity index (χ3v) is 9.65. The maximum Gasteiger partial charge on any atom is 0.303 e. The molecule has 0 aliphatic heterocycles. The minimum absolute atomic E-state index is 0.142. The number of hydrogen-bond donors (Lipinski definition) is 3. The van der Waals surface area contributed by atoms with E-state index in [0.29, 0.717) is 30.1 Å². The maximum atomic E-state index is 11.4. The van der Waals surface area contributed by atoms with Crippen LogP contribution in [0.15, 0.2) is 11.1 Å². The molecule has 4 nitrogen and oxygen atoms in total. The van der Waals surface area contributed by atoms with Crippen molar-refractivity contribution in [3.8, 4) is 0 Å². The lowest BCUT2D eigenvalue weighted by atomic mass is 9.48. The van der Waals surface area contributed by atoms with Crippen molar-refractivity contribution < 1.29 is 20.1 Å². The van der Waals surface area contributed by atoms with Gasteiger partial charge in [0.2, 0.25) is 0 Å². The highest BCUT2D eigenvalue weighted by Crippen LogP contribution is 2.65. The summed E-state index contributed by atoms with van der Waals surface area (Å²) in [5.41, 5.74) is 3.20. The third kappa shape index (κ3) is 2.98. The van der Waals surface area contributed by atoms with E-state index in [1.165, 1.54) is 12.0 Å². The molecule has 0 radical (unpaired) electrons.